The number of hydrogen-bond acceptors (Lipinski definition) is 5. The molecule has 0 bridgehead atoms. The molecule has 0 unspecified atom stereocenters. The molecule has 0 saturated carbocycles. The second-order valence-electron chi connectivity index (χ2n) is 9.22. The maximum absolute atomic E-state index is 12.7. The maximum Gasteiger partial charge on any atom is 0.411 e. The molecular formula is C28H29ClN4O3. The van der Waals surface area contributed by atoms with E-state index in [1.165, 1.54) is 0 Å². The van der Waals surface area contributed by atoms with Gasteiger partial charge in [0.2, 0.25) is 5.91 Å². The third-order valence-electron chi connectivity index (χ3n) is 6.77. The molecule has 7 nitrogen and oxygen atoms in total. The van der Waals surface area contributed by atoms with Gasteiger partial charge in [-0.1, -0.05) is 54.1 Å². The Morgan fingerprint density at radius 1 is 1.11 bits per heavy atom. The van der Waals surface area contributed by atoms with Crippen molar-refractivity contribution >= 4 is 35.0 Å². The van der Waals surface area contributed by atoms with Crippen molar-refractivity contribution in [1.29, 1.82) is 0 Å². The molecule has 2 aliphatic rings. The van der Waals surface area contributed by atoms with Crippen molar-refractivity contribution in [3.05, 3.63) is 94.0 Å². The molecule has 3 aromatic rings. The van der Waals surface area contributed by atoms with Crippen LogP contribution >= 0.6 is 11.6 Å². The van der Waals surface area contributed by atoms with Crippen LogP contribution in [0.2, 0.25) is 5.02 Å². The summed E-state index contributed by atoms with van der Waals surface area (Å²) in [5.41, 5.74) is 11.4. The lowest BCUT2D eigenvalue weighted by Crippen LogP contribution is -2.35. The van der Waals surface area contributed by atoms with Crippen LogP contribution in [-0.4, -0.2) is 23.4 Å². The Bertz CT molecular complexity index is 1270. The van der Waals surface area contributed by atoms with E-state index in [1.807, 2.05) is 59.5 Å². The van der Waals surface area contributed by atoms with E-state index in [2.05, 4.69) is 16.7 Å². The summed E-state index contributed by atoms with van der Waals surface area (Å²) in [5.74, 6) is 0.180. The molecule has 2 amide bonds. The van der Waals surface area contributed by atoms with E-state index in [0.717, 1.165) is 40.9 Å². The minimum absolute atomic E-state index is 0.0565. The molecule has 0 radical (unpaired) electrons. The SMILES string of the molecule is NCc1ccc2c(c1)[C@H](N1CCCC1=O)C[C@H](c1cc(Cl)cc(NC(=O)OCc3ccccc3)c1)N2. The first-order valence-electron chi connectivity index (χ1n) is 12.2. The molecule has 2 aliphatic heterocycles. The molecule has 1 fully saturated rings. The van der Waals surface area contributed by atoms with Crippen molar-refractivity contribution in [3.8, 4) is 0 Å². The number of likely N-dealkylation sites (tertiary alicyclic amines) is 1. The van der Waals surface area contributed by atoms with Gasteiger partial charge in [-0.25, -0.2) is 4.79 Å². The number of benzene rings is 3. The normalized spacial score (nSPS) is 18.9. The minimum atomic E-state index is -0.552. The van der Waals surface area contributed by atoms with Crippen molar-refractivity contribution in [3.63, 3.8) is 0 Å². The average molecular weight is 505 g/mol. The first-order chi connectivity index (χ1) is 17.5. The number of carbonyl (C=O) groups excluding carboxylic acids is 2. The Labute approximate surface area is 215 Å². The minimum Gasteiger partial charge on any atom is -0.444 e. The van der Waals surface area contributed by atoms with Crippen LogP contribution in [-0.2, 0) is 22.7 Å². The summed E-state index contributed by atoms with van der Waals surface area (Å²) in [6.45, 7) is 1.37. The fourth-order valence-corrected chi connectivity index (χ4v) is 5.26. The summed E-state index contributed by atoms with van der Waals surface area (Å²) >= 11 is 6.45. The molecule has 2 heterocycles. The third-order valence-corrected chi connectivity index (χ3v) is 6.99. The molecule has 2 atom stereocenters. The lowest BCUT2D eigenvalue weighted by atomic mass is 9.87. The van der Waals surface area contributed by atoms with E-state index in [0.29, 0.717) is 30.1 Å². The van der Waals surface area contributed by atoms with Crippen LogP contribution in [0.15, 0.2) is 66.7 Å². The highest BCUT2D eigenvalue weighted by Crippen LogP contribution is 2.44. The Kier molecular flexibility index (Phi) is 7.11. The molecule has 0 spiro atoms. The highest BCUT2D eigenvalue weighted by Gasteiger charge is 2.36. The van der Waals surface area contributed by atoms with Crippen molar-refractivity contribution in [2.75, 3.05) is 17.2 Å². The zero-order valence-corrected chi connectivity index (χ0v) is 20.6. The van der Waals surface area contributed by atoms with E-state index in [9.17, 15) is 9.59 Å². The van der Waals surface area contributed by atoms with E-state index >= 15 is 0 Å². The third kappa shape index (κ3) is 5.32. The fraction of sp³-hybridized carbons (Fsp3) is 0.286. The molecule has 186 valence electrons. The average Bonchev–Trinajstić information content (AvgIpc) is 3.32. The van der Waals surface area contributed by atoms with E-state index in [4.69, 9.17) is 22.1 Å². The number of rotatable bonds is 6. The fourth-order valence-electron chi connectivity index (χ4n) is 5.02. The molecular weight excluding hydrogens is 476 g/mol. The number of anilines is 2. The number of nitrogens with two attached hydrogens (primary N) is 1. The number of amides is 2. The lowest BCUT2D eigenvalue weighted by Gasteiger charge is -2.38. The van der Waals surface area contributed by atoms with Gasteiger partial charge in [-0.15, -0.1) is 0 Å². The quantitative estimate of drug-likeness (QED) is 0.396. The van der Waals surface area contributed by atoms with Gasteiger partial charge in [-0.2, -0.15) is 0 Å². The predicted molar refractivity (Wildman–Crippen MR) is 141 cm³/mol. The van der Waals surface area contributed by atoms with Gasteiger partial charge in [0.15, 0.2) is 0 Å². The number of nitrogens with one attached hydrogen (secondary N) is 2. The van der Waals surface area contributed by atoms with Crippen LogP contribution in [0.4, 0.5) is 16.2 Å². The molecule has 0 aliphatic carbocycles. The second-order valence-corrected chi connectivity index (χ2v) is 9.66. The first kappa shape index (κ1) is 24.2. The maximum atomic E-state index is 12.7. The Morgan fingerprint density at radius 2 is 1.94 bits per heavy atom. The highest BCUT2D eigenvalue weighted by atomic mass is 35.5. The van der Waals surface area contributed by atoms with Gasteiger partial charge in [0, 0.05) is 35.9 Å². The monoisotopic (exact) mass is 504 g/mol. The zero-order chi connectivity index (χ0) is 25.1. The molecule has 8 heteroatoms. The smallest absolute Gasteiger partial charge is 0.411 e. The zero-order valence-electron chi connectivity index (χ0n) is 19.9. The number of nitrogens with zero attached hydrogens (tertiary/aromatic N) is 1. The number of fused-ring (bicyclic) bond motifs is 1. The van der Waals surface area contributed by atoms with Crippen LogP contribution in [0.25, 0.3) is 0 Å². The summed E-state index contributed by atoms with van der Waals surface area (Å²) in [6.07, 6.45) is 1.58. The summed E-state index contributed by atoms with van der Waals surface area (Å²) in [7, 11) is 0. The summed E-state index contributed by atoms with van der Waals surface area (Å²) in [4.78, 5) is 27.1. The van der Waals surface area contributed by atoms with Crippen LogP contribution in [0, 0.1) is 0 Å². The highest BCUT2D eigenvalue weighted by molar-refractivity contribution is 6.31. The van der Waals surface area contributed by atoms with Crippen molar-refractivity contribution in [1.82, 2.24) is 4.90 Å². The number of hydrogen-bond donors (Lipinski definition) is 3. The van der Waals surface area contributed by atoms with Crippen molar-refractivity contribution < 1.29 is 14.3 Å². The number of carbonyl (C=O) groups is 2. The second kappa shape index (κ2) is 10.6. The van der Waals surface area contributed by atoms with Crippen LogP contribution < -0.4 is 16.4 Å². The van der Waals surface area contributed by atoms with Crippen LogP contribution in [0.1, 0.15) is 53.6 Å². The largest absolute Gasteiger partial charge is 0.444 e. The summed E-state index contributed by atoms with van der Waals surface area (Å²) in [6, 6.07) is 21.0. The number of halogens is 1. The van der Waals surface area contributed by atoms with E-state index in [-0.39, 0.29) is 24.6 Å². The van der Waals surface area contributed by atoms with Gasteiger partial charge < -0.3 is 20.7 Å². The van der Waals surface area contributed by atoms with Crippen LogP contribution in [0.3, 0.4) is 0 Å². The standard InChI is InChI=1S/C28H29ClN4O3/c29-21-12-20(13-22(14-21)31-28(35)36-17-18-5-2-1-3-6-18)25-15-26(33-10-4-7-27(33)34)23-11-19(16-30)8-9-24(23)32-25/h1-3,5-6,8-9,11-14,25-26,32H,4,7,10,15-17,30H2,(H,31,35)/t25-,26-/m1/s1. The summed E-state index contributed by atoms with van der Waals surface area (Å²) < 4.78 is 5.36. The number of ether oxygens (including phenoxy) is 1. The van der Waals surface area contributed by atoms with Crippen molar-refractivity contribution in [2.45, 2.75) is 44.5 Å². The Balaban J connectivity index is 1.36. The molecule has 36 heavy (non-hydrogen) atoms. The van der Waals surface area contributed by atoms with Gasteiger partial charge in [-0.3, -0.25) is 10.1 Å². The van der Waals surface area contributed by atoms with Crippen molar-refractivity contribution in [2.24, 2.45) is 5.73 Å². The lowest BCUT2D eigenvalue weighted by molar-refractivity contribution is -0.130. The Hall–Kier alpha value is -3.55. The summed E-state index contributed by atoms with van der Waals surface area (Å²) in [5, 5.41) is 6.90. The molecule has 0 aromatic heterocycles. The van der Waals surface area contributed by atoms with Gasteiger partial charge >= 0.3 is 6.09 Å². The molecule has 4 N–H and O–H groups in total. The molecule has 5 rings (SSSR count). The van der Waals surface area contributed by atoms with E-state index < -0.39 is 6.09 Å². The first-order valence-corrected chi connectivity index (χ1v) is 12.5. The van der Waals surface area contributed by atoms with Gasteiger partial charge in [0.1, 0.15) is 6.61 Å². The Morgan fingerprint density at radius 3 is 2.69 bits per heavy atom. The van der Waals surface area contributed by atoms with Crippen LogP contribution in [0.5, 0.6) is 0 Å². The topological polar surface area (TPSA) is 96.7 Å². The van der Waals surface area contributed by atoms with Gasteiger partial charge in [0.25, 0.3) is 0 Å². The molecule has 1 saturated heterocycles. The van der Waals surface area contributed by atoms with Gasteiger partial charge in [0.05, 0.1) is 12.1 Å². The molecule has 3 aromatic carbocycles. The predicted octanol–water partition coefficient (Wildman–Crippen LogP) is 5.77. The van der Waals surface area contributed by atoms with E-state index in [1.54, 1.807) is 6.07 Å². The van der Waals surface area contributed by atoms with Gasteiger partial charge in [-0.05, 0) is 59.4 Å².